The molecule has 37 heavy (non-hydrogen) atoms. The van der Waals surface area contributed by atoms with E-state index >= 15 is 0 Å². The molecule has 1 aromatic carbocycles. The fraction of sp³-hybridized carbons (Fsp3) is 0.350. The van der Waals surface area contributed by atoms with Gasteiger partial charge in [-0.15, -0.1) is 18.3 Å². The lowest BCUT2D eigenvalue weighted by Gasteiger charge is -2.12. The Labute approximate surface area is 203 Å². The van der Waals surface area contributed by atoms with E-state index in [4.69, 9.17) is 14.3 Å². The van der Waals surface area contributed by atoms with Gasteiger partial charge in [0.05, 0.1) is 24.5 Å². The van der Waals surface area contributed by atoms with E-state index in [1.54, 1.807) is 17.1 Å². The number of alkyl halides is 6. The quantitative estimate of drug-likeness (QED) is 0.405. The number of halogens is 6. The number of oxazole rings is 1. The van der Waals surface area contributed by atoms with Crippen molar-refractivity contribution in [2.45, 2.75) is 37.6 Å². The molecule has 1 aliphatic rings. The van der Waals surface area contributed by atoms with Crippen LogP contribution in [0.5, 0.6) is 5.75 Å². The van der Waals surface area contributed by atoms with Crippen LogP contribution in [0, 0.1) is 0 Å². The van der Waals surface area contributed by atoms with Gasteiger partial charge in [0.25, 0.3) is 5.89 Å². The zero-order valence-corrected chi connectivity index (χ0v) is 18.5. The van der Waals surface area contributed by atoms with Crippen LogP contribution in [0.2, 0.25) is 0 Å². The zero-order chi connectivity index (χ0) is 27.2. The van der Waals surface area contributed by atoms with Crippen LogP contribution < -0.4 is 15.4 Å². The number of nitrogens with zero attached hydrogens (tertiary/aromatic N) is 4. The topological polar surface area (TPSA) is 144 Å². The molecule has 2 aromatic heterocycles. The average Bonchev–Trinajstić information content (AvgIpc) is 3.56. The molecular weight excluding hydrogens is 518 g/mol. The molecule has 0 radical (unpaired) electrons. The Morgan fingerprint density at radius 2 is 1.92 bits per heavy atom. The lowest BCUT2D eigenvalue weighted by molar-refractivity contribution is -0.274. The summed E-state index contributed by atoms with van der Waals surface area (Å²) in [6.45, 7) is 1.17. The lowest BCUT2D eigenvalue weighted by atomic mass is 10.1. The van der Waals surface area contributed by atoms with Crippen LogP contribution in [0.15, 0.2) is 47.3 Å². The minimum Gasteiger partial charge on any atom is -0.475 e. The molecule has 1 amide bonds. The van der Waals surface area contributed by atoms with Crippen molar-refractivity contribution in [1.29, 1.82) is 0 Å². The number of amides is 1. The van der Waals surface area contributed by atoms with Crippen molar-refractivity contribution in [3.63, 3.8) is 0 Å². The van der Waals surface area contributed by atoms with Crippen LogP contribution in [0.3, 0.4) is 0 Å². The first-order chi connectivity index (χ1) is 17.3. The summed E-state index contributed by atoms with van der Waals surface area (Å²) in [4.78, 5) is 25.2. The first-order valence-corrected chi connectivity index (χ1v) is 10.3. The van der Waals surface area contributed by atoms with Gasteiger partial charge in [-0.3, -0.25) is 9.48 Å². The van der Waals surface area contributed by atoms with Crippen LogP contribution in [-0.4, -0.2) is 68.1 Å². The number of carbonyl (C=O) groups is 2. The number of aromatic nitrogens is 4. The highest BCUT2D eigenvalue weighted by Gasteiger charge is 2.38. The van der Waals surface area contributed by atoms with Crippen molar-refractivity contribution in [2.75, 3.05) is 6.54 Å². The normalized spacial score (nSPS) is 17.6. The molecule has 4 rings (SSSR count). The maximum absolute atomic E-state index is 12.6. The van der Waals surface area contributed by atoms with Crippen LogP contribution in [0.4, 0.5) is 26.3 Å². The van der Waals surface area contributed by atoms with Crippen molar-refractivity contribution in [1.82, 2.24) is 30.6 Å². The molecule has 0 bridgehead atoms. The third kappa shape index (κ3) is 8.19. The molecule has 0 saturated carbocycles. The Bertz CT molecular complexity index is 1200. The predicted molar refractivity (Wildman–Crippen MR) is 110 cm³/mol. The molecule has 1 aliphatic heterocycles. The number of hydrogen-bond acceptors (Lipinski definition) is 8. The monoisotopic (exact) mass is 536 g/mol. The van der Waals surface area contributed by atoms with Crippen LogP contribution in [-0.2, 0) is 11.3 Å². The van der Waals surface area contributed by atoms with E-state index in [2.05, 4.69) is 30.7 Å². The van der Waals surface area contributed by atoms with Gasteiger partial charge in [0.1, 0.15) is 5.75 Å². The summed E-state index contributed by atoms with van der Waals surface area (Å²) in [5.74, 6) is -4.00. The summed E-state index contributed by atoms with van der Waals surface area (Å²) in [5.41, 5.74) is 0.0387. The first-order valence-electron chi connectivity index (χ1n) is 10.3. The first kappa shape index (κ1) is 27.4. The maximum Gasteiger partial charge on any atom is 0.573 e. The summed E-state index contributed by atoms with van der Waals surface area (Å²) in [5, 5.41) is 20.9. The number of aliphatic carboxylic acids is 1. The number of hydrogen-bond donors (Lipinski definition) is 3. The fourth-order valence-corrected chi connectivity index (χ4v) is 3.26. The van der Waals surface area contributed by atoms with Gasteiger partial charge in [0.2, 0.25) is 0 Å². The van der Waals surface area contributed by atoms with Crippen molar-refractivity contribution in [2.24, 2.45) is 0 Å². The lowest BCUT2D eigenvalue weighted by Crippen LogP contribution is -2.36. The number of para-hydroxylation sites is 1. The second-order valence-corrected chi connectivity index (χ2v) is 7.51. The van der Waals surface area contributed by atoms with Gasteiger partial charge in [-0.25, -0.2) is 9.78 Å². The van der Waals surface area contributed by atoms with E-state index in [1.807, 2.05) is 0 Å². The molecule has 17 heteroatoms. The summed E-state index contributed by atoms with van der Waals surface area (Å²) in [7, 11) is 0. The maximum atomic E-state index is 12.6. The van der Waals surface area contributed by atoms with Gasteiger partial charge in [-0.05, 0) is 18.6 Å². The minimum atomic E-state index is -5.08. The van der Waals surface area contributed by atoms with Gasteiger partial charge in [-0.2, -0.15) is 13.2 Å². The van der Waals surface area contributed by atoms with Gasteiger partial charge < -0.3 is 24.9 Å². The minimum absolute atomic E-state index is 0.00592. The summed E-state index contributed by atoms with van der Waals surface area (Å²) in [6, 6.07) is 5.44. The Morgan fingerprint density at radius 3 is 2.54 bits per heavy atom. The third-order valence-corrected chi connectivity index (χ3v) is 4.76. The smallest absolute Gasteiger partial charge is 0.475 e. The molecule has 0 unspecified atom stereocenters. The number of benzene rings is 1. The second kappa shape index (κ2) is 11.3. The number of rotatable bonds is 6. The van der Waals surface area contributed by atoms with Gasteiger partial charge in [0.15, 0.2) is 5.76 Å². The van der Waals surface area contributed by atoms with E-state index in [1.165, 1.54) is 24.4 Å². The predicted octanol–water partition coefficient (Wildman–Crippen LogP) is 2.63. The van der Waals surface area contributed by atoms with Crippen LogP contribution in [0.25, 0.3) is 11.3 Å². The van der Waals surface area contributed by atoms with Gasteiger partial charge in [-0.1, -0.05) is 17.3 Å². The second-order valence-electron chi connectivity index (χ2n) is 7.51. The molecule has 2 atom stereocenters. The van der Waals surface area contributed by atoms with E-state index in [9.17, 15) is 31.1 Å². The Morgan fingerprint density at radius 1 is 1.22 bits per heavy atom. The van der Waals surface area contributed by atoms with E-state index in [0.717, 1.165) is 6.07 Å². The highest BCUT2D eigenvalue weighted by Crippen LogP contribution is 2.34. The molecule has 3 heterocycles. The van der Waals surface area contributed by atoms with Crippen molar-refractivity contribution in [3.05, 3.63) is 48.7 Å². The Balaban J connectivity index is 0.000000479. The van der Waals surface area contributed by atoms with E-state index in [0.29, 0.717) is 19.5 Å². The van der Waals surface area contributed by atoms with Crippen molar-refractivity contribution >= 4 is 11.9 Å². The molecule has 3 N–H and O–H groups in total. The number of carboxylic acid groups (broad SMARTS) is 1. The molecule has 0 spiro atoms. The van der Waals surface area contributed by atoms with E-state index < -0.39 is 30.2 Å². The molecule has 3 aromatic rings. The molecule has 11 nitrogen and oxygen atoms in total. The van der Waals surface area contributed by atoms with Crippen molar-refractivity contribution in [3.8, 4) is 17.1 Å². The average molecular weight is 536 g/mol. The third-order valence-electron chi connectivity index (χ3n) is 4.76. The standard InChI is InChI=1S/C18H17F3N6O3.C2HF3O2/c19-18(20,21)30-14-4-2-1-3-13(14)15-9-23-17(29-15)16(28)25-11-7-12(22-8-11)10-27-6-5-24-26-27;3-2(4,5)1(6)7/h1-6,9,11-12,22H,7-8,10H2,(H,25,28);(H,6,7)/t11-,12+;/m1./s1. The Kier molecular flexibility index (Phi) is 8.36. The zero-order valence-electron chi connectivity index (χ0n) is 18.5. The van der Waals surface area contributed by atoms with Gasteiger partial charge in [0, 0.05) is 24.8 Å². The molecular formula is C20H18F6N6O5. The molecule has 1 fully saturated rings. The number of ether oxygens (including phenoxy) is 1. The molecule has 200 valence electrons. The summed E-state index contributed by atoms with van der Waals surface area (Å²) in [6.07, 6.45) is -4.74. The largest absolute Gasteiger partial charge is 0.573 e. The van der Waals surface area contributed by atoms with Crippen LogP contribution >= 0.6 is 0 Å². The summed E-state index contributed by atoms with van der Waals surface area (Å²) < 4.78 is 80.6. The number of nitrogens with one attached hydrogen (secondary N) is 2. The van der Waals surface area contributed by atoms with Crippen molar-refractivity contribution < 1.29 is 50.2 Å². The fourth-order valence-electron chi connectivity index (χ4n) is 3.26. The SMILES string of the molecule is O=C(N[C@H]1CN[C@H](Cn2ccnn2)C1)c1ncc(-c2ccccc2OC(F)(F)F)o1.O=C(O)C(F)(F)F. The summed E-state index contributed by atoms with van der Waals surface area (Å²) >= 11 is 0. The van der Waals surface area contributed by atoms with Crippen LogP contribution in [0.1, 0.15) is 17.1 Å². The molecule has 0 aliphatic carbocycles. The van der Waals surface area contributed by atoms with E-state index in [-0.39, 0.29) is 29.3 Å². The highest BCUT2D eigenvalue weighted by molar-refractivity contribution is 5.90. The number of carbonyl (C=O) groups excluding carboxylic acids is 1. The Hall–Kier alpha value is -4.15. The highest BCUT2D eigenvalue weighted by atomic mass is 19.4. The van der Waals surface area contributed by atoms with Gasteiger partial charge >= 0.3 is 24.4 Å². The molecule has 1 saturated heterocycles. The number of carboxylic acids is 1.